The van der Waals surface area contributed by atoms with Crippen molar-refractivity contribution in [1.29, 1.82) is 0 Å². The van der Waals surface area contributed by atoms with Gasteiger partial charge in [0.15, 0.2) is 0 Å². The van der Waals surface area contributed by atoms with Gasteiger partial charge < -0.3 is 0 Å². The summed E-state index contributed by atoms with van der Waals surface area (Å²) in [5.74, 6) is -27.1. The van der Waals surface area contributed by atoms with Crippen LogP contribution in [0.25, 0.3) is 0 Å². The van der Waals surface area contributed by atoms with Gasteiger partial charge in [0.05, 0.1) is 0 Å². The second-order valence-electron chi connectivity index (χ2n) is 11.2. The molecule has 17 heteroatoms. The number of unbranched alkanes of at least 4 members (excludes halogenated alkanes) is 14. The van der Waals surface area contributed by atoms with E-state index in [1.807, 2.05) is 13.8 Å². The zero-order valence-corrected chi connectivity index (χ0v) is 28.6. The third-order valence-corrected chi connectivity index (χ3v) is 17.5. The van der Waals surface area contributed by atoms with E-state index >= 15 is 17.6 Å². The van der Waals surface area contributed by atoms with Gasteiger partial charge in [-0.1, -0.05) is 0 Å². The first-order valence-corrected chi connectivity index (χ1v) is 20.6. The Morgan fingerprint density at radius 3 is 0.889 bits per heavy atom. The van der Waals surface area contributed by atoms with E-state index in [-0.39, 0.29) is 12.8 Å². The first-order valence-electron chi connectivity index (χ1n) is 15.4. The topological polar surface area (TPSA) is 18.5 Å². The maximum absolute atomic E-state index is 15.5. The second-order valence-corrected chi connectivity index (χ2v) is 20.0. The van der Waals surface area contributed by atoms with Gasteiger partial charge in [0, 0.05) is 0 Å². The molecule has 0 amide bonds. The molecule has 272 valence electrons. The van der Waals surface area contributed by atoms with Gasteiger partial charge in [-0.05, 0) is 0 Å². The van der Waals surface area contributed by atoms with Gasteiger partial charge in [-0.3, -0.25) is 0 Å². The fourth-order valence-corrected chi connectivity index (χ4v) is 13.8. The molecule has 0 unspecified atom stereocenters. The predicted octanol–water partition coefficient (Wildman–Crippen LogP) is 11.6. The van der Waals surface area contributed by atoms with E-state index < -0.39 is 90.2 Å². The third-order valence-electron chi connectivity index (χ3n) is 7.48. The van der Waals surface area contributed by atoms with Gasteiger partial charge in [0.2, 0.25) is 0 Å². The molecule has 0 rings (SSSR count). The van der Waals surface area contributed by atoms with Crippen LogP contribution in [-0.2, 0) is 6.15 Å². The Morgan fingerprint density at radius 1 is 0.400 bits per heavy atom. The molecular formula is C28H46F14O2Sn. The van der Waals surface area contributed by atoms with Crippen LogP contribution in [0.2, 0.25) is 0 Å². The Morgan fingerprint density at radius 2 is 0.644 bits per heavy atom. The molecule has 0 N–H and O–H groups in total. The summed E-state index contributed by atoms with van der Waals surface area (Å²) >= 11 is -9.53. The molecule has 0 heterocycles. The number of hydrogen-bond acceptors (Lipinski definition) is 2. The van der Waals surface area contributed by atoms with E-state index in [0.717, 1.165) is 38.5 Å². The maximum atomic E-state index is 15.5. The SMILES string of the molecule is CCCCCCCCCC[O][Sn]([O]CCCCCCCCCC)([C](F)(F)C(F)(F)C(F)(F)CF)[C](F)(F)C(F)(F)C(F)(F)CF. The van der Waals surface area contributed by atoms with Gasteiger partial charge in [0.1, 0.15) is 0 Å². The van der Waals surface area contributed by atoms with Crippen LogP contribution >= 0.6 is 0 Å². The molecule has 0 saturated carbocycles. The van der Waals surface area contributed by atoms with Gasteiger partial charge in [0.25, 0.3) is 0 Å². The molecule has 0 atom stereocenters. The zero-order valence-electron chi connectivity index (χ0n) is 25.8. The molecule has 0 fully saturated rings. The number of rotatable bonds is 28. The molecule has 0 bridgehead atoms. The average Bonchev–Trinajstić information content (AvgIpc) is 2.97. The van der Waals surface area contributed by atoms with Crippen LogP contribution in [0.15, 0.2) is 0 Å². The average molecular weight is 799 g/mol. The number of alkyl halides is 14. The first kappa shape index (κ1) is 44.7. The summed E-state index contributed by atoms with van der Waals surface area (Å²) in [5, 5.41) is 0. The Bertz CT molecular complexity index is 735. The summed E-state index contributed by atoms with van der Waals surface area (Å²) in [6.07, 6.45) is 7.41. The summed E-state index contributed by atoms with van der Waals surface area (Å²) < 4.78 is 196. The summed E-state index contributed by atoms with van der Waals surface area (Å²) in [4.78, 5) is 0. The van der Waals surface area contributed by atoms with Crippen molar-refractivity contribution in [1.82, 2.24) is 0 Å². The van der Waals surface area contributed by atoms with Crippen LogP contribution in [0.4, 0.5) is 61.5 Å². The molecule has 0 aliphatic rings. The Kier molecular flexibility index (Phi) is 19.6. The van der Waals surface area contributed by atoms with Crippen LogP contribution in [0, 0.1) is 0 Å². The van der Waals surface area contributed by atoms with Gasteiger partial charge >= 0.3 is 262 Å². The van der Waals surface area contributed by atoms with Crippen molar-refractivity contribution in [3.63, 3.8) is 0 Å². The quantitative estimate of drug-likeness (QED) is 0.0446. The van der Waals surface area contributed by atoms with Crippen molar-refractivity contribution in [2.45, 2.75) is 148 Å². The molecule has 0 aromatic heterocycles. The Balaban J connectivity index is 6.57. The Labute approximate surface area is 261 Å². The molecule has 0 aliphatic heterocycles. The Hall–Kier alpha value is -0.261. The normalized spacial score (nSPS) is 14.4. The van der Waals surface area contributed by atoms with Crippen LogP contribution in [0.3, 0.4) is 0 Å². The van der Waals surface area contributed by atoms with E-state index in [1.54, 1.807) is 0 Å². The minimum absolute atomic E-state index is 0.00267. The van der Waals surface area contributed by atoms with Crippen molar-refractivity contribution in [2.24, 2.45) is 0 Å². The summed E-state index contributed by atoms with van der Waals surface area (Å²) in [6, 6.07) is 0. The molecule has 0 saturated heterocycles. The minimum atomic E-state index is -9.53. The van der Waals surface area contributed by atoms with Crippen LogP contribution < -0.4 is 0 Å². The van der Waals surface area contributed by atoms with Crippen molar-refractivity contribution >= 4 is 19.2 Å². The van der Waals surface area contributed by atoms with E-state index in [2.05, 4.69) is 6.15 Å². The standard InChI is InChI=1S/2C10H21O.2C4H2F7.Sn/c2*1-2-3-4-5-6-7-8-9-10-11;2*5-1-3(8,9)4(10,11)2(6)7;/h2*2-10H2,1H3;2*1H2;/q2*-1;;;+2. The molecular weight excluding hydrogens is 753 g/mol. The monoisotopic (exact) mass is 800 g/mol. The molecule has 0 radical (unpaired) electrons. The van der Waals surface area contributed by atoms with E-state index in [0.29, 0.717) is 38.5 Å². The third kappa shape index (κ3) is 10.9. The van der Waals surface area contributed by atoms with Crippen molar-refractivity contribution in [3.8, 4) is 0 Å². The number of halogens is 14. The molecule has 2 nitrogen and oxygen atoms in total. The molecule has 0 aromatic carbocycles. The van der Waals surface area contributed by atoms with E-state index in [9.17, 15) is 43.9 Å². The predicted molar refractivity (Wildman–Crippen MR) is 145 cm³/mol. The molecule has 0 spiro atoms. The number of hydrogen-bond donors (Lipinski definition) is 0. The summed E-state index contributed by atoms with van der Waals surface area (Å²) in [6.45, 7) is -6.09. The van der Waals surface area contributed by atoms with Gasteiger partial charge in [-0.15, -0.1) is 0 Å². The molecule has 0 aromatic rings. The molecule has 0 aliphatic carbocycles. The molecule has 45 heavy (non-hydrogen) atoms. The van der Waals surface area contributed by atoms with Crippen LogP contribution in [-0.4, -0.2) is 77.3 Å². The van der Waals surface area contributed by atoms with E-state index in [4.69, 9.17) is 0 Å². The summed E-state index contributed by atoms with van der Waals surface area (Å²) in [7, 11) is 0. The van der Waals surface area contributed by atoms with Gasteiger partial charge in [-0.25, -0.2) is 0 Å². The van der Waals surface area contributed by atoms with Crippen molar-refractivity contribution < 1.29 is 67.6 Å². The second kappa shape index (κ2) is 19.7. The van der Waals surface area contributed by atoms with Crippen LogP contribution in [0.1, 0.15) is 117 Å². The summed E-state index contributed by atoms with van der Waals surface area (Å²) in [5.41, 5.74) is 0. The fourth-order valence-electron chi connectivity index (χ4n) is 4.55. The first-order chi connectivity index (χ1) is 20.7. The fraction of sp³-hybridized carbons (Fsp3) is 1.00. The van der Waals surface area contributed by atoms with Crippen LogP contribution in [0.5, 0.6) is 0 Å². The zero-order chi connectivity index (χ0) is 35.1. The van der Waals surface area contributed by atoms with Crippen molar-refractivity contribution in [2.75, 3.05) is 26.6 Å². The van der Waals surface area contributed by atoms with Gasteiger partial charge in [-0.2, -0.15) is 0 Å². The van der Waals surface area contributed by atoms with E-state index in [1.165, 1.54) is 0 Å². The van der Waals surface area contributed by atoms with Crippen molar-refractivity contribution in [3.05, 3.63) is 0 Å².